The molecule has 0 bridgehead atoms. The van der Waals surface area contributed by atoms with Gasteiger partial charge in [-0.1, -0.05) is 25.1 Å². The molecule has 5 nitrogen and oxygen atoms in total. The molecule has 2 N–H and O–H groups in total. The number of phenols is 1. The lowest BCUT2D eigenvalue weighted by Crippen LogP contribution is -2.46. The number of phenolic OH excluding ortho intramolecular Hbond substituents is 1. The van der Waals surface area contributed by atoms with Crippen LogP contribution in [-0.2, 0) is 9.59 Å². The molecule has 0 radical (unpaired) electrons. The highest BCUT2D eigenvalue weighted by Crippen LogP contribution is 2.52. The summed E-state index contributed by atoms with van der Waals surface area (Å²) in [5.74, 6) is 0.0901. The van der Waals surface area contributed by atoms with Crippen molar-refractivity contribution in [2.75, 3.05) is 0 Å². The average Bonchev–Trinajstić information content (AvgIpc) is 2.78. The summed E-state index contributed by atoms with van der Waals surface area (Å²) < 4.78 is 0. The largest absolute Gasteiger partial charge is 0.508 e. The first-order valence-corrected chi connectivity index (χ1v) is 6.78. The minimum atomic E-state index is -0.280. The molecule has 5 heteroatoms. The van der Waals surface area contributed by atoms with Gasteiger partial charge < -0.3 is 15.3 Å². The maximum atomic E-state index is 12.0. The minimum absolute atomic E-state index is 0.0144. The van der Waals surface area contributed by atoms with Gasteiger partial charge in [-0.2, -0.15) is 0 Å². The van der Waals surface area contributed by atoms with Crippen molar-refractivity contribution in [1.29, 1.82) is 0 Å². The van der Waals surface area contributed by atoms with E-state index in [1.54, 1.807) is 17.0 Å². The van der Waals surface area contributed by atoms with Crippen molar-refractivity contribution in [2.45, 2.75) is 38.9 Å². The standard InChI is InChI=1S/C15H18N2O3/c1-9(18)17-11(10-5-3-4-6-12(10)19)7-15(2)8-13(20)16-14(15)17/h3-6,11,14,19H,7-8H2,1-2H3,(H,16,20)/t11-,14+,15-/m1/s1. The normalized spacial score (nSPS) is 32.1. The fourth-order valence-electron chi connectivity index (χ4n) is 3.58. The average molecular weight is 274 g/mol. The number of fused-ring (bicyclic) bond motifs is 1. The second kappa shape index (κ2) is 4.23. The fourth-order valence-corrected chi connectivity index (χ4v) is 3.58. The van der Waals surface area contributed by atoms with Gasteiger partial charge in [0.1, 0.15) is 11.9 Å². The zero-order valence-electron chi connectivity index (χ0n) is 11.6. The van der Waals surface area contributed by atoms with Crippen LogP contribution in [0.2, 0.25) is 0 Å². The Morgan fingerprint density at radius 3 is 2.80 bits per heavy atom. The number of nitrogens with zero attached hydrogens (tertiary/aromatic N) is 1. The Hall–Kier alpha value is -2.04. The van der Waals surface area contributed by atoms with E-state index in [-0.39, 0.29) is 35.2 Å². The van der Waals surface area contributed by atoms with Gasteiger partial charge in [0.15, 0.2) is 0 Å². The van der Waals surface area contributed by atoms with E-state index in [9.17, 15) is 14.7 Å². The quantitative estimate of drug-likeness (QED) is 0.816. The molecule has 0 aliphatic carbocycles. The van der Waals surface area contributed by atoms with E-state index in [0.29, 0.717) is 12.8 Å². The number of hydrogen-bond acceptors (Lipinski definition) is 3. The van der Waals surface area contributed by atoms with E-state index < -0.39 is 0 Å². The van der Waals surface area contributed by atoms with Crippen LogP contribution in [-0.4, -0.2) is 28.0 Å². The monoisotopic (exact) mass is 274 g/mol. The van der Waals surface area contributed by atoms with Crippen molar-refractivity contribution in [3.8, 4) is 5.75 Å². The van der Waals surface area contributed by atoms with Crippen molar-refractivity contribution < 1.29 is 14.7 Å². The van der Waals surface area contributed by atoms with Gasteiger partial charge in [0.2, 0.25) is 11.8 Å². The summed E-state index contributed by atoms with van der Waals surface area (Å²) >= 11 is 0. The number of nitrogens with one attached hydrogen (secondary N) is 1. The number of rotatable bonds is 1. The summed E-state index contributed by atoms with van der Waals surface area (Å²) in [5, 5.41) is 12.9. The Morgan fingerprint density at radius 2 is 2.15 bits per heavy atom. The fraction of sp³-hybridized carbons (Fsp3) is 0.467. The van der Waals surface area contributed by atoms with Crippen LogP contribution in [0.15, 0.2) is 24.3 Å². The van der Waals surface area contributed by atoms with Crippen LogP contribution in [0, 0.1) is 5.41 Å². The third kappa shape index (κ3) is 1.77. The lowest BCUT2D eigenvalue weighted by atomic mass is 9.83. The molecule has 106 valence electrons. The molecule has 2 saturated heterocycles. The highest BCUT2D eigenvalue weighted by molar-refractivity contribution is 5.83. The molecular weight excluding hydrogens is 256 g/mol. The van der Waals surface area contributed by atoms with Gasteiger partial charge in [0.05, 0.1) is 6.04 Å². The van der Waals surface area contributed by atoms with Crippen molar-refractivity contribution in [2.24, 2.45) is 5.41 Å². The van der Waals surface area contributed by atoms with Gasteiger partial charge in [0, 0.05) is 24.3 Å². The molecule has 3 rings (SSSR count). The highest BCUT2D eigenvalue weighted by Gasteiger charge is 2.56. The summed E-state index contributed by atoms with van der Waals surface area (Å²) in [6.45, 7) is 3.52. The van der Waals surface area contributed by atoms with Crippen molar-refractivity contribution in [1.82, 2.24) is 10.2 Å². The Bertz CT molecular complexity index is 586. The van der Waals surface area contributed by atoms with E-state index in [2.05, 4.69) is 5.32 Å². The second-order valence-electron chi connectivity index (χ2n) is 6.01. The van der Waals surface area contributed by atoms with Gasteiger partial charge in [-0.3, -0.25) is 9.59 Å². The third-order valence-electron chi connectivity index (χ3n) is 4.46. The van der Waals surface area contributed by atoms with Gasteiger partial charge in [-0.05, 0) is 12.5 Å². The maximum absolute atomic E-state index is 12.0. The molecule has 0 saturated carbocycles. The molecule has 2 amide bonds. The summed E-state index contributed by atoms with van der Waals surface area (Å²) in [5.41, 5.74) is 0.475. The van der Waals surface area contributed by atoms with Gasteiger partial charge in [-0.15, -0.1) is 0 Å². The molecule has 2 aliphatic rings. The molecule has 2 fully saturated rings. The van der Waals surface area contributed by atoms with Crippen molar-refractivity contribution in [3.05, 3.63) is 29.8 Å². The first-order chi connectivity index (χ1) is 9.42. The molecule has 1 aromatic carbocycles. The zero-order chi connectivity index (χ0) is 14.5. The third-order valence-corrected chi connectivity index (χ3v) is 4.46. The second-order valence-corrected chi connectivity index (χ2v) is 6.01. The molecule has 1 aromatic rings. The SMILES string of the molecule is CC(=O)N1[C@@H](c2ccccc2O)C[C@]2(C)CC(=O)N[C@@H]12. The molecule has 2 aliphatic heterocycles. The van der Waals surface area contributed by atoms with Gasteiger partial charge >= 0.3 is 0 Å². The Morgan fingerprint density at radius 1 is 1.45 bits per heavy atom. The van der Waals surface area contributed by atoms with Crippen LogP contribution in [0.1, 0.15) is 38.3 Å². The van der Waals surface area contributed by atoms with Crippen LogP contribution in [0.3, 0.4) is 0 Å². The number of amides is 2. The van der Waals surface area contributed by atoms with Gasteiger partial charge in [-0.25, -0.2) is 0 Å². The molecule has 3 atom stereocenters. The Balaban J connectivity index is 2.03. The van der Waals surface area contributed by atoms with Crippen molar-refractivity contribution >= 4 is 11.8 Å². The smallest absolute Gasteiger partial charge is 0.222 e. The van der Waals surface area contributed by atoms with Crippen LogP contribution in [0.25, 0.3) is 0 Å². The molecule has 0 unspecified atom stereocenters. The summed E-state index contributed by atoms with van der Waals surface area (Å²) in [4.78, 5) is 25.4. The molecule has 0 spiro atoms. The lowest BCUT2D eigenvalue weighted by molar-refractivity contribution is -0.133. The minimum Gasteiger partial charge on any atom is -0.508 e. The Labute approximate surface area is 117 Å². The Kier molecular flexibility index (Phi) is 2.74. The van der Waals surface area contributed by atoms with E-state index in [1.807, 2.05) is 19.1 Å². The number of hydrogen-bond donors (Lipinski definition) is 2. The number of para-hydroxylation sites is 1. The lowest BCUT2D eigenvalue weighted by Gasteiger charge is -2.30. The number of benzene rings is 1. The number of aromatic hydroxyl groups is 1. The van der Waals surface area contributed by atoms with Crippen LogP contribution in [0.5, 0.6) is 5.75 Å². The number of carbonyl (C=O) groups excluding carboxylic acids is 2. The summed E-state index contributed by atoms with van der Waals surface area (Å²) in [6, 6.07) is 6.88. The number of carbonyl (C=O) groups is 2. The van der Waals surface area contributed by atoms with Gasteiger partial charge in [0.25, 0.3) is 0 Å². The predicted octanol–water partition coefficient (Wildman–Crippen LogP) is 1.54. The molecule has 20 heavy (non-hydrogen) atoms. The summed E-state index contributed by atoms with van der Waals surface area (Å²) in [7, 11) is 0. The predicted molar refractivity (Wildman–Crippen MR) is 72.6 cm³/mol. The highest BCUT2D eigenvalue weighted by atomic mass is 16.3. The van der Waals surface area contributed by atoms with Crippen LogP contribution >= 0.6 is 0 Å². The van der Waals surface area contributed by atoms with E-state index in [1.165, 1.54) is 6.92 Å². The molecular formula is C15H18N2O3. The number of likely N-dealkylation sites (tertiary alicyclic amines) is 1. The first-order valence-electron chi connectivity index (χ1n) is 6.78. The first kappa shape index (κ1) is 13.0. The molecule has 0 aromatic heterocycles. The summed E-state index contributed by atoms with van der Waals surface area (Å²) in [6.07, 6.45) is 0.816. The topological polar surface area (TPSA) is 69.6 Å². The van der Waals surface area contributed by atoms with Crippen molar-refractivity contribution in [3.63, 3.8) is 0 Å². The van der Waals surface area contributed by atoms with Crippen LogP contribution in [0.4, 0.5) is 0 Å². The van der Waals surface area contributed by atoms with Crippen LogP contribution < -0.4 is 5.32 Å². The van der Waals surface area contributed by atoms with E-state index >= 15 is 0 Å². The zero-order valence-corrected chi connectivity index (χ0v) is 11.6. The van der Waals surface area contributed by atoms with E-state index in [4.69, 9.17) is 0 Å². The van der Waals surface area contributed by atoms with E-state index in [0.717, 1.165) is 5.56 Å². The maximum Gasteiger partial charge on any atom is 0.222 e. The molecule has 2 heterocycles.